The molecule has 1 aromatic rings. The van der Waals surface area contributed by atoms with Crippen LogP contribution in [0, 0.1) is 0 Å². The third-order valence-electron chi connectivity index (χ3n) is 3.19. The van der Waals surface area contributed by atoms with E-state index >= 15 is 0 Å². The highest BCUT2D eigenvalue weighted by Crippen LogP contribution is 2.42. The third kappa shape index (κ3) is 4.49. The maximum atomic E-state index is 13.2. The Kier molecular flexibility index (Phi) is 5.38. The van der Waals surface area contributed by atoms with Gasteiger partial charge in [-0.25, -0.2) is 17.6 Å². The van der Waals surface area contributed by atoms with Crippen molar-refractivity contribution in [1.82, 2.24) is 0 Å². The van der Waals surface area contributed by atoms with Crippen molar-refractivity contribution in [2.45, 2.75) is 51.4 Å². The predicted molar refractivity (Wildman–Crippen MR) is 73.2 cm³/mol. The van der Waals surface area contributed by atoms with Gasteiger partial charge in [-0.2, -0.15) is 8.78 Å². The van der Waals surface area contributed by atoms with Gasteiger partial charge in [-0.3, -0.25) is 4.79 Å². The van der Waals surface area contributed by atoms with Crippen LogP contribution in [0.1, 0.15) is 30.6 Å². The summed E-state index contributed by atoms with van der Waals surface area (Å²) in [5, 5.41) is 0. The van der Waals surface area contributed by atoms with Gasteiger partial charge in [-0.1, -0.05) is 0 Å². The molecule has 0 saturated heterocycles. The summed E-state index contributed by atoms with van der Waals surface area (Å²) in [5.41, 5.74) is -1.08. The van der Waals surface area contributed by atoms with Gasteiger partial charge in [-0.15, -0.1) is 0 Å². The van der Waals surface area contributed by atoms with E-state index in [0.717, 1.165) is 12.1 Å². The predicted octanol–water partition coefficient (Wildman–Crippen LogP) is 4.31. The van der Waals surface area contributed by atoms with Crippen molar-refractivity contribution in [3.63, 3.8) is 0 Å². The fraction of sp³-hybridized carbons (Fsp3) is 0.533. The first-order chi connectivity index (χ1) is 11.5. The highest BCUT2D eigenvalue weighted by atomic mass is 19.3. The molecular weight excluding hydrogens is 358 g/mol. The van der Waals surface area contributed by atoms with Crippen molar-refractivity contribution < 1.29 is 45.3 Å². The van der Waals surface area contributed by atoms with Crippen molar-refractivity contribution in [1.29, 1.82) is 0 Å². The van der Waals surface area contributed by atoms with Crippen molar-refractivity contribution in [2.24, 2.45) is 0 Å². The first-order valence-corrected chi connectivity index (χ1v) is 7.08. The van der Waals surface area contributed by atoms with Crippen LogP contribution < -0.4 is 14.2 Å². The van der Waals surface area contributed by atoms with Gasteiger partial charge in [0.25, 0.3) is 12.7 Å². The summed E-state index contributed by atoms with van der Waals surface area (Å²) in [6.45, 7) is 3.15. The summed E-state index contributed by atoms with van der Waals surface area (Å²) in [5.74, 6) is -2.22. The van der Waals surface area contributed by atoms with E-state index in [0.29, 0.717) is 0 Å². The molecule has 0 aliphatic carbocycles. The molecule has 0 bridgehead atoms. The second kappa shape index (κ2) is 7.01. The number of rotatable bonds is 6. The molecule has 0 N–H and O–H groups in total. The van der Waals surface area contributed by atoms with E-state index < -0.39 is 48.4 Å². The molecule has 1 heterocycles. The Morgan fingerprint density at radius 2 is 1.44 bits per heavy atom. The number of fused-ring (bicyclic) bond motifs is 1. The van der Waals surface area contributed by atoms with Crippen molar-refractivity contribution in [3.8, 4) is 17.2 Å². The lowest BCUT2D eigenvalue weighted by molar-refractivity contribution is -0.0808. The monoisotopic (exact) mass is 372 g/mol. The second-order valence-corrected chi connectivity index (χ2v) is 5.86. The van der Waals surface area contributed by atoms with Gasteiger partial charge in [0.2, 0.25) is 0 Å². The molecule has 0 aromatic heterocycles. The summed E-state index contributed by atoms with van der Waals surface area (Å²) in [7, 11) is 0. The van der Waals surface area contributed by atoms with Gasteiger partial charge < -0.3 is 14.2 Å². The smallest absolute Gasteiger partial charge is 0.304 e. The number of ketones is 1. The molecule has 2 unspecified atom stereocenters. The topological polar surface area (TPSA) is 44.8 Å². The number of hydrogen-bond donors (Lipinski definition) is 0. The lowest BCUT2D eigenvalue weighted by atomic mass is 9.93. The van der Waals surface area contributed by atoms with Crippen molar-refractivity contribution in [2.75, 3.05) is 0 Å². The van der Waals surface area contributed by atoms with E-state index in [9.17, 15) is 31.1 Å². The highest BCUT2D eigenvalue weighted by Gasteiger charge is 2.35. The number of alkyl halides is 6. The van der Waals surface area contributed by atoms with Gasteiger partial charge in [0, 0.05) is 6.07 Å². The molecular formula is C15H14F6O4. The lowest BCUT2D eigenvalue weighted by Gasteiger charge is -2.32. The SMILES string of the molecule is CC1(C)CC(=O)c2cc(OC(F)C(F)F)c(OC(F)C(F)F)cc2O1. The minimum Gasteiger partial charge on any atom is -0.486 e. The van der Waals surface area contributed by atoms with E-state index in [2.05, 4.69) is 9.47 Å². The quantitative estimate of drug-likeness (QED) is 0.698. The number of benzene rings is 1. The number of carbonyl (C=O) groups is 1. The van der Waals surface area contributed by atoms with E-state index in [1.807, 2.05) is 0 Å². The van der Waals surface area contributed by atoms with Gasteiger partial charge in [0.1, 0.15) is 11.4 Å². The van der Waals surface area contributed by atoms with Crippen LogP contribution in [0.5, 0.6) is 17.2 Å². The molecule has 25 heavy (non-hydrogen) atoms. The van der Waals surface area contributed by atoms with Gasteiger partial charge in [0.15, 0.2) is 17.3 Å². The number of halogens is 6. The summed E-state index contributed by atoms with van der Waals surface area (Å²) in [4.78, 5) is 12.1. The molecule has 0 amide bonds. The molecule has 10 heteroatoms. The van der Waals surface area contributed by atoms with Gasteiger partial charge in [-0.05, 0) is 19.9 Å². The zero-order valence-electron chi connectivity index (χ0n) is 13.1. The fourth-order valence-electron chi connectivity index (χ4n) is 2.19. The summed E-state index contributed by atoms with van der Waals surface area (Å²) in [6.07, 6.45) is -13.4. The maximum absolute atomic E-state index is 13.2. The normalized spacial score (nSPS) is 18.6. The first kappa shape index (κ1) is 19.2. The van der Waals surface area contributed by atoms with Crippen molar-refractivity contribution in [3.05, 3.63) is 17.7 Å². The maximum Gasteiger partial charge on any atom is 0.304 e. The Morgan fingerprint density at radius 1 is 0.960 bits per heavy atom. The summed E-state index contributed by atoms with van der Waals surface area (Å²) >= 11 is 0. The van der Waals surface area contributed by atoms with E-state index in [-0.39, 0.29) is 17.7 Å². The lowest BCUT2D eigenvalue weighted by Crippen LogP contribution is -2.36. The molecule has 4 nitrogen and oxygen atoms in total. The average molecular weight is 372 g/mol. The van der Waals surface area contributed by atoms with E-state index in [1.54, 1.807) is 13.8 Å². The minimum absolute atomic E-state index is 0.0731. The molecule has 1 aliphatic rings. The molecule has 2 rings (SSSR count). The largest absolute Gasteiger partial charge is 0.486 e. The molecule has 140 valence electrons. The molecule has 2 atom stereocenters. The van der Waals surface area contributed by atoms with E-state index in [1.165, 1.54) is 0 Å². The molecule has 0 saturated carbocycles. The minimum atomic E-state index is -3.55. The van der Waals surface area contributed by atoms with E-state index in [4.69, 9.17) is 4.74 Å². The number of hydrogen-bond acceptors (Lipinski definition) is 4. The van der Waals surface area contributed by atoms with Gasteiger partial charge >= 0.3 is 12.9 Å². The zero-order chi connectivity index (χ0) is 18.9. The Balaban J connectivity index is 2.45. The van der Waals surface area contributed by atoms with Crippen LogP contribution in [-0.4, -0.2) is 37.0 Å². The average Bonchev–Trinajstić information content (AvgIpc) is 2.47. The summed E-state index contributed by atoms with van der Waals surface area (Å²) in [6, 6.07) is 1.63. The Morgan fingerprint density at radius 3 is 1.92 bits per heavy atom. The molecule has 1 aliphatic heterocycles. The van der Waals surface area contributed by atoms with Crippen molar-refractivity contribution >= 4 is 5.78 Å². The van der Waals surface area contributed by atoms with Crippen LogP contribution in [-0.2, 0) is 0 Å². The number of Topliss-reactive ketones (excluding diaryl/α,β-unsaturated/α-hetero) is 1. The molecule has 1 aromatic carbocycles. The van der Waals surface area contributed by atoms with Crippen LogP contribution in [0.3, 0.4) is 0 Å². The van der Waals surface area contributed by atoms with Crippen LogP contribution in [0.25, 0.3) is 0 Å². The van der Waals surface area contributed by atoms with Crippen LogP contribution in [0.4, 0.5) is 26.3 Å². The molecule has 0 radical (unpaired) electrons. The molecule has 0 fully saturated rings. The number of carbonyl (C=O) groups excluding carboxylic acids is 1. The fourth-order valence-corrected chi connectivity index (χ4v) is 2.19. The Hall–Kier alpha value is -2.13. The molecule has 0 spiro atoms. The second-order valence-electron chi connectivity index (χ2n) is 5.86. The van der Waals surface area contributed by atoms with Crippen LogP contribution in [0.15, 0.2) is 12.1 Å². The Labute approximate surface area is 138 Å². The Bertz CT molecular complexity index is 649. The standard InChI is InChI=1S/C15H14F6O4/c1-15(2)5-7(22)6-3-9(23-13(20)11(16)17)10(4-8(6)25-15)24-14(21)12(18)19/h3-4,11-14H,5H2,1-2H3. The number of ether oxygens (including phenoxy) is 3. The van der Waals surface area contributed by atoms with Crippen LogP contribution in [0.2, 0.25) is 0 Å². The first-order valence-electron chi connectivity index (χ1n) is 7.08. The highest BCUT2D eigenvalue weighted by molar-refractivity contribution is 6.01. The summed E-state index contributed by atoms with van der Waals surface area (Å²) < 4.78 is 89.7. The van der Waals surface area contributed by atoms with Crippen LogP contribution >= 0.6 is 0 Å². The van der Waals surface area contributed by atoms with Gasteiger partial charge in [0.05, 0.1) is 12.0 Å². The third-order valence-corrected chi connectivity index (χ3v) is 3.19. The zero-order valence-corrected chi connectivity index (χ0v) is 13.1.